The quantitative estimate of drug-likeness (QED) is 0.192. The van der Waals surface area contributed by atoms with Gasteiger partial charge in [-0.25, -0.2) is 9.97 Å². The number of nitriles is 1. The lowest BCUT2D eigenvalue weighted by Gasteiger charge is -2.13. The van der Waals surface area contributed by atoms with Crippen LogP contribution in [0, 0.1) is 11.3 Å². The first-order valence-corrected chi connectivity index (χ1v) is 17.0. The Morgan fingerprint density at radius 1 is 0.560 bits per heavy atom. The van der Waals surface area contributed by atoms with Gasteiger partial charge in [-0.3, -0.25) is 4.57 Å². The minimum Gasteiger partial charge on any atom is -0.309 e. The molecule has 0 unspecified atom stereocenters. The fraction of sp³-hybridized carbons (Fsp3) is 0.0444. The second-order valence-corrected chi connectivity index (χ2v) is 12.9. The molecule has 0 bridgehead atoms. The van der Waals surface area contributed by atoms with Crippen LogP contribution in [0.4, 0.5) is 0 Å². The van der Waals surface area contributed by atoms with Gasteiger partial charge in [0.1, 0.15) is 0 Å². The van der Waals surface area contributed by atoms with Crippen LogP contribution in [-0.2, 0) is 6.42 Å². The van der Waals surface area contributed by atoms with E-state index in [9.17, 15) is 5.26 Å². The molecule has 10 rings (SSSR count). The highest BCUT2D eigenvalue weighted by molar-refractivity contribution is 6.10. The molecule has 0 N–H and O–H groups in total. The fourth-order valence-corrected chi connectivity index (χ4v) is 7.76. The van der Waals surface area contributed by atoms with Crippen molar-refractivity contribution in [2.24, 2.45) is 0 Å². The van der Waals surface area contributed by atoms with E-state index < -0.39 is 0 Å². The number of hydrogen-bond acceptors (Lipinski definition) is 3. The van der Waals surface area contributed by atoms with Crippen LogP contribution in [0.2, 0.25) is 0 Å². The Bertz CT molecular complexity index is 2880. The largest absolute Gasteiger partial charge is 0.309 e. The summed E-state index contributed by atoms with van der Waals surface area (Å²) in [6.45, 7) is 0. The van der Waals surface area contributed by atoms with E-state index in [1.165, 1.54) is 43.9 Å². The SMILES string of the molecule is N#Cc1cccc(-c2nc(-n3c4c(c5cc(-c6ccc7c(c6)c6ccccc6n7-c6ccccc6)ccc53)CCC=C4)nc3ccccc23)c1. The molecule has 1 aliphatic carbocycles. The number of nitrogens with zero attached hydrogens (tertiary/aromatic N) is 5. The lowest BCUT2D eigenvalue weighted by atomic mass is 9.97. The lowest BCUT2D eigenvalue weighted by molar-refractivity contribution is 0.929. The normalized spacial score (nSPS) is 12.5. The summed E-state index contributed by atoms with van der Waals surface area (Å²) in [6, 6.07) is 51.0. The number of rotatable bonds is 4. The van der Waals surface area contributed by atoms with E-state index in [-0.39, 0.29) is 0 Å². The summed E-state index contributed by atoms with van der Waals surface area (Å²) in [5, 5.41) is 14.3. The number of hydrogen-bond donors (Lipinski definition) is 0. The second-order valence-electron chi connectivity index (χ2n) is 12.9. The van der Waals surface area contributed by atoms with Crippen LogP contribution >= 0.6 is 0 Å². The van der Waals surface area contributed by atoms with Gasteiger partial charge in [-0.1, -0.05) is 84.9 Å². The Labute approximate surface area is 288 Å². The Kier molecular flexibility index (Phi) is 6.30. The first kappa shape index (κ1) is 28.3. The highest BCUT2D eigenvalue weighted by Crippen LogP contribution is 2.39. The summed E-state index contributed by atoms with van der Waals surface area (Å²) in [5.41, 5.74) is 12.6. The van der Waals surface area contributed by atoms with Gasteiger partial charge in [-0.2, -0.15) is 5.26 Å². The molecule has 0 saturated heterocycles. The van der Waals surface area contributed by atoms with Crippen molar-refractivity contribution in [3.05, 3.63) is 162 Å². The van der Waals surface area contributed by atoms with E-state index in [4.69, 9.17) is 9.97 Å². The van der Waals surface area contributed by atoms with E-state index in [1.807, 2.05) is 42.5 Å². The maximum Gasteiger partial charge on any atom is 0.235 e. The van der Waals surface area contributed by atoms with Gasteiger partial charge >= 0.3 is 0 Å². The summed E-state index contributed by atoms with van der Waals surface area (Å²) in [4.78, 5) is 10.4. The third-order valence-corrected chi connectivity index (χ3v) is 10.0. The molecule has 0 saturated carbocycles. The van der Waals surface area contributed by atoms with Crippen LogP contribution in [0.3, 0.4) is 0 Å². The molecule has 1 aliphatic rings. The summed E-state index contributed by atoms with van der Waals surface area (Å²) in [5.74, 6) is 0.627. The minimum atomic E-state index is 0.605. The van der Waals surface area contributed by atoms with Crippen LogP contribution in [0.15, 0.2) is 146 Å². The average molecular weight is 640 g/mol. The van der Waals surface area contributed by atoms with Gasteiger partial charge in [0.25, 0.3) is 0 Å². The molecule has 50 heavy (non-hydrogen) atoms. The first-order chi connectivity index (χ1) is 24.7. The topological polar surface area (TPSA) is 59.4 Å². The maximum atomic E-state index is 9.63. The van der Waals surface area contributed by atoms with Crippen LogP contribution < -0.4 is 0 Å². The zero-order valence-electron chi connectivity index (χ0n) is 27.1. The molecule has 0 fully saturated rings. The smallest absolute Gasteiger partial charge is 0.235 e. The van der Waals surface area contributed by atoms with Crippen molar-refractivity contribution in [3.8, 4) is 40.1 Å². The molecule has 6 aromatic carbocycles. The van der Waals surface area contributed by atoms with Gasteiger partial charge in [-0.15, -0.1) is 0 Å². The summed E-state index contributed by atoms with van der Waals surface area (Å²) >= 11 is 0. The van der Waals surface area contributed by atoms with Gasteiger partial charge in [0.2, 0.25) is 5.95 Å². The van der Waals surface area contributed by atoms with Crippen LogP contribution in [0.5, 0.6) is 0 Å². The number of aryl methyl sites for hydroxylation is 1. The van der Waals surface area contributed by atoms with E-state index in [1.54, 1.807) is 0 Å². The van der Waals surface area contributed by atoms with Crippen LogP contribution in [0.1, 0.15) is 23.2 Å². The standard InChI is InChI=1S/C45H29N5/c46-28-29-11-10-12-32(25-29)44-36-17-4-7-18-39(36)47-45(48-44)50-41-20-9-6-16-35(41)38-27-31(22-24-43(38)50)30-21-23-42-37(26-30)34-15-5-8-19-40(34)49(42)33-13-2-1-3-14-33/h1-5,7-15,17-27H,6,16H2. The molecule has 0 atom stereocenters. The molecule has 3 aromatic heterocycles. The van der Waals surface area contributed by atoms with E-state index in [0.29, 0.717) is 11.5 Å². The summed E-state index contributed by atoms with van der Waals surface area (Å²) in [6.07, 6.45) is 6.41. The lowest BCUT2D eigenvalue weighted by Crippen LogP contribution is -2.06. The third-order valence-electron chi connectivity index (χ3n) is 10.0. The van der Waals surface area contributed by atoms with Gasteiger partial charge in [0, 0.05) is 32.8 Å². The van der Waals surface area contributed by atoms with Crippen molar-refractivity contribution in [3.63, 3.8) is 0 Å². The maximum absolute atomic E-state index is 9.63. The fourth-order valence-electron chi connectivity index (χ4n) is 7.76. The highest BCUT2D eigenvalue weighted by atomic mass is 15.2. The molecular formula is C45H29N5. The molecule has 234 valence electrons. The Balaban J connectivity index is 1.17. The van der Waals surface area contributed by atoms with Crippen molar-refractivity contribution >= 4 is 49.7 Å². The van der Waals surface area contributed by atoms with Crippen LogP contribution in [-0.4, -0.2) is 19.1 Å². The molecule has 5 heteroatoms. The summed E-state index contributed by atoms with van der Waals surface area (Å²) in [7, 11) is 0. The molecule has 0 aliphatic heterocycles. The van der Waals surface area contributed by atoms with Crippen molar-refractivity contribution in [2.75, 3.05) is 0 Å². The Morgan fingerprint density at radius 2 is 1.28 bits per heavy atom. The van der Waals surface area contributed by atoms with Crippen LogP contribution in [0.25, 0.3) is 83.7 Å². The molecule has 0 amide bonds. The molecule has 3 heterocycles. The van der Waals surface area contributed by atoms with Crippen molar-refractivity contribution in [2.45, 2.75) is 12.8 Å². The monoisotopic (exact) mass is 639 g/mol. The van der Waals surface area contributed by atoms with E-state index in [0.717, 1.165) is 51.9 Å². The van der Waals surface area contributed by atoms with Gasteiger partial charge < -0.3 is 4.57 Å². The third kappa shape index (κ3) is 4.32. The van der Waals surface area contributed by atoms with Gasteiger partial charge in [0.15, 0.2) is 0 Å². The predicted molar refractivity (Wildman–Crippen MR) is 204 cm³/mol. The number of fused-ring (bicyclic) bond motifs is 7. The number of benzene rings is 6. The Hall–Kier alpha value is -6.77. The Morgan fingerprint density at radius 3 is 2.12 bits per heavy atom. The molecule has 9 aromatic rings. The van der Waals surface area contributed by atoms with E-state index in [2.05, 4.69) is 124 Å². The molecule has 0 spiro atoms. The van der Waals surface area contributed by atoms with Crippen molar-refractivity contribution in [1.29, 1.82) is 5.26 Å². The zero-order valence-corrected chi connectivity index (χ0v) is 27.1. The highest BCUT2D eigenvalue weighted by Gasteiger charge is 2.22. The second kappa shape index (κ2) is 11.2. The predicted octanol–water partition coefficient (Wildman–Crippen LogP) is 10.8. The first-order valence-electron chi connectivity index (χ1n) is 17.0. The van der Waals surface area contributed by atoms with Crippen molar-refractivity contribution in [1.82, 2.24) is 19.1 Å². The van der Waals surface area contributed by atoms with Crippen molar-refractivity contribution < 1.29 is 0 Å². The van der Waals surface area contributed by atoms with E-state index >= 15 is 0 Å². The average Bonchev–Trinajstić information content (AvgIpc) is 3.70. The number of aromatic nitrogens is 4. The van der Waals surface area contributed by atoms with Gasteiger partial charge in [-0.05, 0) is 96.3 Å². The zero-order chi connectivity index (χ0) is 33.2. The molecular weight excluding hydrogens is 611 g/mol. The summed E-state index contributed by atoms with van der Waals surface area (Å²) < 4.78 is 4.57. The molecule has 0 radical (unpaired) electrons. The number of para-hydroxylation sites is 3. The molecule has 5 nitrogen and oxygen atoms in total. The van der Waals surface area contributed by atoms with Gasteiger partial charge in [0.05, 0.1) is 45.1 Å². The number of allylic oxidation sites excluding steroid dienone is 1. The minimum absolute atomic E-state index is 0.605.